The van der Waals surface area contributed by atoms with Crippen LogP contribution in [0.5, 0.6) is 0 Å². The maximum atomic E-state index is 14.4. The summed E-state index contributed by atoms with van der Waals surface area (Å²) in [5.74, 6) is -0.435. The molecule has 0 amide bonds. The third kappa shape index (κ3) is 4.86. The molecule has 4 aromatic heterocycles. The molecule has 0 bridgehead atoms. The fourth-order valence-corrected chi connectivity index (χ4v) is 6.68. The van der Waals surface area contributed by atoms with Crippen LogP contribution in [0, 0.1) is 24.1 Å². The molecule has 0 radical (unpaired) electrons. The molecule has 0 saturated heterocycles. The van der Waals surface area contributed by atoms with E-state index in [9.17, 15) is 18.1 Å². The van der Waals surface area contributed by atoms with Crippen LogP contribution in [0.1, 0.15) is 43.0 Å². The van der Waals surface area contributed by atoms with Gasteiger partial charge in [0.1, 0.15) is 11.1 Å². The minimum absolute atomic E-state index is 0.00437. The van der Waals surface area contributed by atoms with Crippen molar-refractivity contribution in [2.45, 2.75) is 54.6 Å². The second-order valence-electron chi connectivity index (χ2n) is 9.28. The zero-order chi connectivity index (χ0) is 26.3. The molecule has 5 rings (SSSR count). The van der Waals surface area contributed by atoms with Gasteiger partial charge in [0, 0.05) is 47.2 Å². The van der Waals surface area contributed by atoms with Gasteiger partial charge in [-0.15, -0.1) is 0 Å². The molecule has 1 aliphatic rings. The lowest BCUT2D eigenvalue weighted by molar-refractivity contribution is 0.227. The van der Waals surface area contributed by atoms with Crippen molar-refractivity contribution in [3.8, 4) is 17.2 Å². The van der Waals surface area contributed by atoms with Gasteiger partial charge in [-0.05, 0) is 50.8 Å². The van der Waals surface area contributed by atoms with Gasteiger partial charge in [0.25, 0.3) is 0 Å². The molecule has 192 valence electrons. The van der Waals surface area contributed by atoms with Gasteiger partial charge in [-0.25, -0.2) is 26.6 Å². The zero-order valence-electron chi connectivity index (χ0n) is 20.7. The van der Waals surface area contributed by atoms with Crippen molar-refractivity contribution >= 4 is 27.3 Å². The van der Waals surface area contributed by atoms with E-state index in [2.05, 4.69) is 21.3 Å². The Bertz CT molecular complexity index is 1620. The predicted molar refractivity (Wildman–Crippen MR) is 138 cm³/mol. The third-order valence-electron chi connectivity index (χ3n) is 7.03. The highest BCUT2D eigenvalue weighted by Gasteiger charge is 2.30. The average molecular weight is 540 g/mol. The summed E-state index contributed by atoms with van der Waals surface area (Å²) in [4.78, 5) is 4.82. The Morgan fingerprint density at radius 1 is 1.22 bits per heavy atom. The van der Waals surface area contributed by atoms with Crippen LogP contribution >= 0.6 is 11.8 Å². The van der Waals surface area contributed by atoms with Crippen molar-refractivity contribution in [1.29, 1.82) is 5.26 Å². The Labute approximate surface area is 219 Å². The standard InChI is InChI=1S/C25H26FN7O2S2/c1-16-21(14-30-33(16)20-8-6-19(7-9-20)31(2)37(3,34)35)17-11-23(36-25-22(26)5-4-10-28-25)24-18(12-27)13-29-32(24)15-17/h4-5,10-11,13-15,19-20H,6-9H2,1-3H3. The van der Waals surface area contributed by atoms with E-state index in [1.807, 2.05) is 30.1 Å². The summed E-state index contributed by atoms with van der Waals surface area (Å²) in [5, 5.41) is 18.9. The van der Waals surface area contributed by atoms with Gasteiger partial charge < -0.3 is 0 Å². The summed E-state index contributed by atoms with van der Waals surface area (Å²) in [7, 11) is -1.57. The first kappa shape index (κ1) is 25.4. The fourth-order valence-electron chi connectivity index (χ4n) is 4.95. The van der Waals surface area contributed by atoms with Gasteiger partial charge in [-0.3, -0.25) is 4.68 Å². The first-order valence-electron chi connectivity index (χ1n) is 11.8. The monoisotopic (exact) mass is 539 g/mol. The van der Waals surface area contributed by atoms with Gasteiger partial charge in [-0.2, -0.15) is 15.5 Å². The van der Waals surface area contributed by atoms with Gasteiger partial charge in [0.2, 0.25) is 10.0 Å². The summed E-state index contributed by atoms with van der Waals surface area (Å²) in [6.45, 7) is 2.01. The topological polar surface area (TPSA) is 109 Å². The molecule has 9 nitrogen and oxygen atoms in total. The van der Waals surface area contributed by atoms with Crippen LogP contribution in [0.25, 0.3) is 16.6 Å². The van der Waals surface area contributed by atoms with Crippen LogP contribution in [0.2, 0.25) is 0 Å². The zero-order valence-corrected chi connectivity index (χ0v) is 22.3. The molecule has 0 spiro atoms. The molecule has 1 aliphatic carbocycles. The summed E-state index contributed by atoms with van der Waals surface area (Å²) < 4.78 is 43.4. The van der Waals surface area contributed by atoms with Crippen LogP contribution < -0.4 is 0 Å². The molecule has 1 saturated carbocycles. The maximum Gasteiger partial charge on any atom is 0.211 e. The lowest BCUT2D eigenvalue weighted by Gasteiger charge is -2.33. The largest absolute Gasteiger partial charge is 0.266 e. The summed E-state index contributed by atoms with van der Waals surface area (Å²) in [6, 6.07) is 7.15. The highest BCUT2D eigenvalue weighted by atomic mass is 32.2. The Balaban J connectivity index is 1.47. The minimum Gasteiger partial charge on any atom is -0.266 e. The van der Waals surface area contributed by atoms with Crippen molar-refractivity contribution in [2.24, 2.45) is 0 Å². The molecule has 4 heterocycles. The normalized spacial score (nSPS) is 18.4. The Hall–Kier alpha value is -3.27. The van der Waals surface area contributed by atoms with E-state index in [1.54, 1.807) is 11.6 Å². The van der Waals surface area contributed by atoms with Crippen LogP contribution in [0.4, 0.5) is 4.39 Å². The molecule has 0 atom stereocenters. The number of rotatable bonds is 6. The average Bonchev–Trinajstić information content (AvgIpc) is 3.47. The first-order chi connectivity index (χ1) is 17.7. The van der Waals surface area contributed by atoms with Crippen LogP contribution in [0.15, 0.2) is 52.9 Å². The van der Waals surface area contributed by atoms with Gasteiger partial charge in [0.05, 0.1) is 35.8 Å². The smallest absolute Gasteiger partial charge is 0.211 e. The Kier molecular flexibility index (Phi) is 6.78. The van der Waals surface area contributed by atoms with Crippen molar-refractivity contribution in [3.05, 3.63) is 60.1 Å². The molecule has 1 fully saturated rings. The molecular weight excluding hydrogens is 513 g/mol. The van der Waals surface area contributed by atoms with Crippen molar-refractivity contribution in [1.82, 2.24) is 28.7 Å². The molecular formula is C25H26FN7O2S2. The highest BCUT2D eigenvalue weighted by molar-refractivity contribution is 7.99. The van der Waals surface area contributed by atoms with E-state index in [-0.39, 0.29) is 17.1 Å². The lowest BCUT2D eigenvalue weighted by Crippen LogP contribution is -2.39. The molecule has 12 heteroatoms. The maximum absolute atomic E-state index is 14.4. The molecule has 0 unspecified atom stereocenters. The van der Waals surface area contributed by atoms with E-state index >= 15 is 0 Å². The number of pyridine rings is 2. The molecule has 0 aliphatic heterocycles. The Morgan fingerprint density at radius 3 is 2.65 bits per heavy atom. The third-order valence-corrected chi connectivity index (χ3v) is 9.40. The SMILES string of the molecule is Cc1c(-c2cc(Sc3ncccc3F)c3c(C#N)cnn3c2)cnn1C1CCC(N(C)S(C)(=O)=O)CC1. The molecule has 0 aromatic carbocycles. The first-order valence-corrected chi connectivity index (χ1v) is 14.5. The van der Waals surface area contributed by atoms with Crippen molar-refractivity contribution < 1.29 is 12.8 Å². The summed E-state index contributed by atoms with van der Waals surface area (Å²) in [6.07, 6.45) is 11.1. The number of aromatic nitrogens is 5. The number of halogens is 1. The number of hydrogen-bond donors (Lipinski definition) is 0. The van der Waals surface area contributed by atoms with Crippen LogP contribution in [-0.4, -0.2) is 56.4 Å². The second kappa shape index (κ2) is 9.89. The number of nitrogens with zero attached hydrogens (tertiary/aromatic N) is 7. The van der Waals surface area contributed by atoms with E-state index in [0.29, 0.717) is 16.0 Å². The molecule has 0 N–H and O–H groups in total. The van der Waals surface area contributed by atoms with Crippen LogP contribution in [-0.2, 0) is 10.0 Å². The van der Waals surface area contributed by atoms with Crippen LogP contribution in [0.3, 0.4) is 0 Å². The van der Waals surface area contributed by atoms with E-state index in [0.717, 1.165) is 54.3 Å². The van der Waals surface area contributed by atoms with Gasteiger partial charge >= 0.3 is 0 Å². The quantitative estimate of drug-likeness (QED) is 0.356. The van der Waals surface area contributed by atoms with Crippen molar-refractivity contribution in [2.75, 3.05) is 13.3 Å². The van der Waals surface area contributed by atoms with Gasteiger partial charge in [0.15, 0.2) is 5.82 Å². The molecule has 4 aromatic rings. The number of nitriles is 1. The van der Waals surface area contributed by atoms with E-state index < -0.39 is 15.8 Å². The minimum atomic E-state index is -3.22. The van der Waals surface area contributed by atoms with Gasteiger partial charge in [-0.1, -0.05) is 11.8 Å². The summed E-state index contributed by atoms with van der Waals surface area (Å²) in [5.41, 5.74) is 3.72. The Morgan fingerprint density at radius 2 is 1.97 bits per heavy atom. The lowest BCUT2D eigenvalue weighted by atomic mass is 9.91. The van der Waals surface area contributed by atoms with E-state index in [4.69, 9.17) is 0 Å². The van der Waals surface area contributed by atoms with Crippen molar-refractivity contribution in [3.63, 3.8) is 0 Å². The second-order valence-corrected chi connectivity index (χ2v) is 12.4. The number of hydrogen-bond acceptors (Lipinski definition) is 7. The van der Waals surface area contributed by atoms with E-state index in [1.165, 1.54) is 35.1 Å². The predicted octanol–water partition coefficient (Wildman–Crippen LogP) is 4.44. The fraction of sp³-hybridized carbons (Fsp3) is 0.360. The number of fused-ring (bicyclic) bond motifs is 1. The molecule has 37 heavy (non-hydrogen) atoms. The highest BCUT2D eigenvalue weighted by Crippen LogP contribution is 2.38. The summed E-state index contributed by atoms with van der Waals surface area (Å²) >= 11 is 1.15. The number of sulfonamides is 1.